The third-order valence-corrected chi connectivity index (χ3v) is 4.34. The van der Waals surface area contributed by atoms with Crippen molar-refractivity contribution in [2.75, 3.05) is 12.3 Å². The molecule has 1 unspecified atom stereocenters. The van der Waals surface area contributed by atoms with Gasteiger partial charge in [-0.3, -0.25) is 0 Å². The molecule has 4 heteroatoms. The van der Waals surface area contributed by atoms with Crippen LogP contribution < -0.4 is 0 Å². The van der Waals surface area contributed by atoms with Crippen molar-refractivity contribution in [3.05, 3.63) is 34.3 Å². The predicted molar refractivity (Wildman–Crippen MR) is 62.2 cm³/mol. The molecule has 0 aromatic heterocycles. The van der Waals surface area contributed by atoms with E-state index in [-0.39, 0.29) is 0 Å². The molecular formula is C10H12BrNOS. The first-order chi connectivity index (χ1) is 6.75. The van der Waals surface area contributed by atoms with Gasteiger partial charge in [-0.1, -0.05) is 28.1 Å². The standard InChI is InChI=1S/C10H12BrNOS/c11-10-4-2-9(3-5-10)8-12-6-1-7-14(12)13/h2-5H,1,6-8H2. The second-order valence-electron chi connectivity index (χ2n) is 3.37. The molecule has 2 nitrogen and oxygen atoms in total. The highest BCUT2D eigenvalue weighted by Gasteiger charge is 2.19. The monoisotopic (exact) mass is 273 g/mol. The molecule has 1 heterocycles. The maximum Gasteiger partial charge on any atom is 0.0946 e. The van der Waals surface area contributed by atoms with E-state index >= 15 is 0 Å². The fraction of sp³-hybridized carbons (Fsp3) is 0.400. The van der Waals surface area contributed by atoms with Crippen LogP contribution in [0.15, 0.2) is 28.7 Å². The molecule has 0 radical (unpaired) electrons. The Morgan fingerprint density at radius 1 is 1.36 bits per heavy atom. The summed E-state index contributed by atoms with van der Waals surface area (Å²) in [6.45, 7) is 1.77. The van der Waals surface area contributed by atoms with E-state index in [1.165, 1.54) is 5.56 Å². The molecule has 1 aromatic rings. The van der Waals surface area contributed by atoms with E-state index in [1.54, 1.807) is 0 Å². The van der Waals surface area contributed by atoms with Gasteiger partial charge in [-0.15, -0.1) is 0 Å². The van der Waals surface area contributed by atoms with E-state index in [4.69, 9.17) is 0 Å². The highest BCUT2D eigenvalue weighted by Crippen LogP contribution is 2.16. The first-order valence-electron chi connectivity index (χ1n) is 4.63. The summed E-state index contributed by atoms with van der Waals surface area (Å²) in [5, 5.41) is 0. The van der Waals surface area contributed by atoms with Crippen molar-refractivity contribution in [1.82, 2.24) is 4.31 Å². The zero-order chi connectivity index (χ0) is 9.97. The van der Waals surface area contributed by atoms with Crippen LogP contribution in [0.1, 0.15) is 12.0 Å². The summed E-state index contributed by atoms with van der Waals surface area (Å²) in [7, 11) is -0.745. The Labute approximate surface area is 95.0 Å². The van der Waals surface area contributed by atoms with Gasteiger partial charge in [-0.25, -0.2) is 8.51 Å². The fourth-order valence-electron chi connectivity index (χ4n) is 1.54. The minimum absolute atomic E-state index is 0.745. The Bertz CT molecular complexity index is 338. The van der Waals surface area contributed by atoms with Gasteiger partial charge in [-0.05, 0) is 24.1 Å². The summed E-state index contributed by atoms with van der Waals surface area (Å²) in [6, 6.07) is 8.18. The van der Waals surface area contributed by atoms with E-state index in [9.17, 15) is 4.21 Å². The SMILES string of the molecule is O=S1CCCN1Cc1ccc(Br)cc1. The molecule has 0 saturated carbocycles. The van der Waals surface area contributed by atoms with Crippen LogP contribution in [-0.4, -0.2) is 20.8 Å². The maximum atomic E-state index is 11.5. The topological polar surface area (TPSA) is 20.3 Å². The summed E-state index contributed by atoms with van der Waals surface area (Å²) in [6.07, 6.45) is 1.06. The van der Waals surface area contributed by atoms with Crippen molar-refractivity contribution in [2.45, 2.75) is 13.0 Å². The molecule has 2 rings (SSSR count). The molecule has 0 spiro atoms. The molecule has 0 N–H and O–H groups in total. The zero-order valence-electron chi connectivity index (χ0n) is 7.78. The first kappa shape index (κ1) is 10.3. The molecule has 1 fully saturated rings. The molecule has 0 bridgehead atoms. The highest BCUT2D eigenvalue weighted by molar-refractivity contribution is 9.10. The summed E-state index contributed by atoms with van der Waals surface area (Å²) in [4.78, 5) is 0. The van der Waals surface area contributed by atoms with Gasteiger partial charge in [-0.2, -0.15) is 0 Å². The van der Waals surface area contributed by atoms with E-state index in [0.29, 0.717) is 0 Å². The van der Waals surface area contributed by atoms with Gasteiger partial charge in [0.05, 0.1) is 11.0 Å². The smallest absolute Gasteiger partial charge is 0.0946 e. The fourth-order valence-corrected chi connectivity index (χ4v) is 3.06. The molecule has 0 aliphatic carbocycles. The Balaban J connectivity index is 2.03. The first-order valence-corrected chi connectivity index (χ1v) is 6.70. The van der Waals surface area contributed by atoms with Crippen LogP contribution in [0.25, 0.3) is 0 Å². The van der Waals surface area contributed by atoms with Crippen LogP contribution in [0.5, 0.6) is 0 Å². The summed E-state index contributed by atoms with van der Waals surface area (Å²) in [5.41, 5.74) is 1.23. The number of benzene rings is 1. The number of nitrogens with zero attached hydrogens (tertiary/aromatic N) is 1. The lowest BCUT2D eigenvalue weighted by molar-refractivity contribution is 0.471. The predicted octanol–water partition coefficient (Wildman–Crippen LogP) is 2.32. The minimum Gasteiger partial charge on any atom is -0.243 e. The van der Waals surface area contributed by atoms with Crippen LogP contribution in [0.4, 0.5) is 0 Å². The van der Waals surface area contributed by atoms with Crippen LogP contribution in [0.3, 0.4) is 0 Å². The Morgan fingerprint density at radius 3 is 2.64 bits per heavy atom. The van der Waals surface area contributed by atoms with Crippen LogP contribution >= 0.6 is 15.9 Å². The normalized spacial score (nSPS) is 22.8. The van der Waals surface area contributed by atoms with E-state index < -0.39 is 11.0 Å². The van der Waals surface area contributed by atoms with Crippen LogP contribution in [0, 0.1) is 0 Å². The average Bonchev–Trinajstić information content (AvgIpc) is 2.56. The molecule has 1 atom stereocenters. The van der Waals surface area contributed by atoms with Crippen LogP contribution in [-0.2, 0) is 17.5 Å². The van der Waals surface area contributed by atoms with Gasteiger partial charge in [0.15, 0.2) is 0 Å². The van der Waals surface area contributed by atoms with Gasteiger partial charge in [0.2, 0.25) is 0 Å². The minimum atomic E-state index is -0.745. The molecule has 14 heavy (non-hydrogen) atoms. The Morgan fingerprint density at radius 2 is 2.07 bits per heavy atom. The van der Waals surface area contributed by atoms with Crippen molar-refractivity contribution in [3.63, 3.8) is 0 Å². The molecule has 0 amide bonds. The third-order valence-electron chi connectivity index (χ3n) is 2.29. The van der Waals surface area contributed by atoms with E-state index in [2.05, 4.69) is 28.1 Å². The van der Waals surface area contributed by atoms with E-state index in [0.717, 1.165) is 29.7 Å². The van der Waals surface area contributed by atoms with Crippen molar-refractivity contribution in [2.24, 2.45) is 0 Å². The number of hydrogen-bond donors (Lipinski definition) is 0. The third kappa shape index (κ3) is 2.43. The molecule has 1 aromatic carbocycles. The number of halogens is 1. The van der Waals surface area contributed by atoms with Crippen molar-refractivity contribution < 1.29 is 4.21 Å². The Kier molecular flexibility index (Phi) is 3.36. The second-order valence-corrected chi connectivity index (χ2v) is 5.85. The van der Waals surface area contributed by atoms with Crippen LogP contribution in [0.2, 0.25) is 0 Å². The lowest BCUT2D eigenvalue weighted by atomic mass is 10.2. The van der Waals surface area contributed by atoms with E-state index in [1.807, 2.05) is 16.4 Å². The summed E-state index contributed by atoms with van der Waals surface area (Å²) in [5.74, 6) is 0.830. The van der Waals surface area contributed by atoms with Gasteiger partial charge >= 0.3 is 0 Å². The van der Waals surface area contributed by atoms with Gasteiger partial charge in [0.1, 0.15) is 0 Å². The molecule has 1 aliphatic heterocycles. The number of rotatable bonds is 2. The van der Waals surface area contributed by atoms with Gasteiger partial charge in [0, 0.05) is 23.3 Å². The average molecular weight is 274 g/mol. The maximum absolute atomic E-state index is 11.5. The molecule has 1 saturated heterocycles. The van der Waals surface area contributed by atoms with Gasteiger partial charge < -0.3 is 0 Å². The van der Waals surface area contributed by atoms with Gasteiger partial charge in [0.25, 0.3) is 0 Å². The zero-order valence-corrected chi connectivity index (χ0v) is 10.2. The largest absolute Gasteiger partial charge is 0.243 e. The Hall–Kier alpha value is -0.190. The molecule has 76 valence electrons. The quantitative estimate of drug-likeness (QED) is 0.810. The highest BCUT2D eigenvalue weighted by atomic mass is 79.9. The van der Waals surface area contributed by atoms with Crippen molar-refractivity contribution >= 4 is 26.9 Å². The number of hydrogen-bond acceptors (Lipinski definition) is 1. The summed E-state index contributed by atoms with van der Waals surface area (Å²) >= 11 is 3.40. The molecule has 1 aliphatic rings. The van der Waals surface area contributed by atoms with Crippen molar-refractivity contribution in [1.29, 1.82) is 0 Å². The lowest BCUT2D eigenvalue weighted by Gasteiger charge is -2.12. The molecular weight excluding hydrogens is 262 g/mol. The lowest BCUT2D eigenvalue weighted by Crippen LogP contribution is -2.19. The summed E-state index contributed by atoms with van der Waals surface area (Å²) < 4.78 is 14.6. The van der Waals surface area contributed by atoms with Crippen molar-refractivity contribution in [3.8, 4) is 0 Å². The second kappa shape index (κ2) is 4.55.